The van der Waals surface area contributed by atoms with Gasteiger partial charge in [-0.3, -0.25) is 0 Å². The van der Waals surface area contributed by atoms with Gasteiger partial charge in [0.2, 0.25) is 5.76 Å². The lowest BCUT2D eigenvalue weighted by atomic mass is 10.3. The Morgan fingerprint density at radius 3 is 2.87 bits per heavy atom. The van der Waals surface area contributed by atoms with Gasteiger partial charge >= 0.3 is 5.97 Å². The number of aromatic carboxylic acids is 1. The predicted molar refractivity (Wildman–Crippen MR) is 61.5 cm³/mol. The third-order valence-corrected chi connectivity index (χ3v) is 3.22. The van der Waals surface area contributed by atoms with Gasteiger partial charge in [0, 0.05) is 11.3 Å². The zero-order valence-corrected chi connectivity index (χ0v) is 9.89. The summed E-state index contributed by atoms with van der Waals surface area (Å²) in [6, 6.07) is 1.62. The Balaban J connectivity index is 2.50. The molecule has 0 aromatic carbocycles. The zero-order chi connectivity index (χ0) is 11.3. The number of thioether (sulfide) groups is 1. The van der Waals surface area contributed by atoms with Crippen LogP contribution < -0.4 is 0 Å². The van der Waals surface area contributed by atoms with E-state index in [2.05, 4.69) is 6.92 Å². The monoisotopic (exact) mass is 228 g/mol. The molecular weight excluding hydrogens is 212 g/mol. The van der Waals surface area contributed by atoms with Crippen molar-refractivity contribution >= 4 is 17.7 Å². The first-order valence-corrected chi connectivity index (χ1v) is 6.21. The lowest BCUT2D eigenvalue weighted by molar-refractivity contribution is 0.0661. The molecule has 0 spiro atoms. The van der Waals surface area contributed by atoms with Crippen LogP contribution in [0, 0.1) is 6.92 Å². The van der Waals surface area contributed by atoms with Gasteiger partial charge in [0.15, 0.2) is 0 Å². The number of unbranched alkanes of at least 4 members (excludes halogenated alkanes) is 1. The van der Waals surface area contributed by atoms with E-state index in [-0.39, 0.29) is 5.76 Å². The summed E-state index contributed by atoms with van der Waals surface area (Å²) in [4.78, 5) is 10.6. The van der Waals surface area contributed by atoms with Gasteiger partial charge in [-0.15, -0.1) is 0 Å². The molecule has 1 N–H and O–H groups in total. The summed E-state index contributed by atoms with van der Waals surface area (Å²) in [6.07, 6.45) is 2.39. The molecule has 4 heteroatoms. The molecule has 84 valence electrons. The largest absolute Gasteiger partial charge is 0.475 e. The Morgan fingerprint density at radius 1 is 1.60 bits per heavy atom. The van der Waals surface area contributed by atoms with Crippen molar-refractivity contribution in [3.05, 3.63) is 23.2 Å². The molecule has 1 heterocycles. The standard InChI is InChI=1S/C11H16O3S/c1-3-4-5-15-7-9-6-10(11(12)13)14-8(9)2/h6H,3-5,7H2,1-2H3,(H,12,13). The third-order valence-electron chi connectivity index (χ3n) is 2.13. The number of carboxylic acids is 1. The summed E-state index contributed by atoms with van der Waals surface area (Å²) in [6.45, 7) is 3.97. The fourth-order valence-electron chi connectivity index (χ4n) is 1.20. The topological polar surface area (TPSA) is 50.4 Å². The Labute approximate surface area is 93.9 Å². The SMILES string of the molecule is CCCCSCc1cc(C(=O)O)oc1C. The van der Waals surface area contributed by atoms with Gasteiger partial charge in [0.1, 0.15) is 5.76 Å². The highest BCUT2D eigenvalue weighted by Gasteiger charge is 2.12. The second-order valence-corrected chi connectivity index (χ2v) is 4.51. The average Bonchev–Trinajstić information content (AvgIpc) is 2.55. The Kier molecular flexibility index (Phi) is 4.75. The first-order chi connectivity index (χ1) is 7.15. The van der Waals surface area contributed by atoms with Crippen molar-refractivity contribution < 1.29 is 14.3 Å². The number of carbonyl (C=O) groups is 1. The number of aryl methyl sites for hydroxylation is 1. The highest BCUT2D eigenvalue weighted by molar-refractivity contribution is 7.98. The van der Waals surface area contributed by atoms with Crippen molar-refractivity contribution in [2.24, 2.45) is 0 Å². The molecule has 0 aliphatic heterocycles. The van der Waals surface area contributed by atoms with E-state index in [0.29, 0.717) is 0 Å². The summed E-state index contributed by atoms with van der Waals surface area (Å²) in [7, 11) is 0. The molecule has 15 heavy (non-hydrogen) atoms. The average molecular weight is 228 g/mol. The lowest BCUT2D eigenvalue weighted by Gasteiger charge is -1.98. The molecule has 1 aromatic rings. The van der Waals surface area contributed by atoms with Crippen LogP contribution in [0.2, 0.25) is 0 Å². The van der Waals surface area contributed by atoms with E-state index >= 15 is 0 Å². The zero-order valence-electron chi connectivity index (χ0n) is 9.08. The van der Waals surface area contributed by atoms with Crippen LogP contribution >= 0.6 is 11.8 Å². The van der Waals surface area contributed by atoms with Crippen LogP contribution in [0.15, 0.2) is 10.5 Å². The minimum Gasteiger partial charge on any atom is -0.475 e. The molecule has 0 aliphatic carbocycles. The van der Waals surface area contributed by atoms with Crippen molar-refractivity contribution in [1.29, 1.82) is 0 Å². The number of carboxylic acid groups (broad SMARTS) is 1. The van der Waals surface area contributed by atoms with E-state index in [1.165, 1.54) is 12.8 Å². The van der Waals surface area contributed by atoms with Gasteiger partial charge in [0.25, 0.3) is 0 Å². The normalized spacial score (nSPS) is 10.5. The van der Waals surface area contributed by atoms with E-state index in [0.717, 1.165) is 22.8 Å². The van der Waals surface area contributed by atoms with Crippen LogP contribution in [0.5, 0.6) is 0 Å². The highest BCUT2D eigenvalue weighted by Crippen LogP contribution is 2.20. The van der Waals surface area contributed by atoms with E-state index in [1.54, 1.807) is 6.07 Å². The molecular formula is C11H16O3S. The fraction of sp³-hybridized carbons (Fsp3) is 0.545. The third kappa shape index (κ3) is 3.63. The van der Waals surface area contributed by atoms with Crippen molar-refractivity contribution in [3.63, 3.8) is 0 Å². The molecule has 0 unspecified atom stereocenters. The van der Waals surface area contributed by atoms with Gasteiger partial charge in [0.05, 0.1) is 0 Å². The van der Waals surface area contributed by atoms with E-state index in [4.69, 9.17) is 9.52 Å². The number of rotatable bonds is 6. The van der Waals surface area contributed by atoms with Crippen molar-refractivity contribution in [1.82, 2.24) is 0 Å². The second kappa shape index (κ2) is 5.85. The maximum absolute atomic E-state index is 10.6. The first kappa shape index (κ1) is 12.2. The quantitative estimate of drug-likeness (QED) is 0.759. The van der Waals surface area contributed by atoms with Gasteiger partial charge in [-0.25, -0.2) is 4.79 Å². The van der Waals surface area contributed by atoms with E-state index in [9.17, 15) is 4.79 Å². The van der Waals surface area contributed by atoms with Crippen LogP contribution in [0.1, 0.15) is 41.6 Å². The number of furan rings is 1. The molecule has 0 fully saturated rings. The Morgan fingerprint density at radius 2 is 2.33 bits per heavy atom. The minimum atomic E-state index is -0.997. The molecule has 0 atom stereocenters. The van der Waals surface area contributed by atoms with Gasteiger partial charge < -0.3 is 9.52 Å². The van der Waals surface area contributed by atoms with Crippen LogP contribution in [-0.4, -0.2) is 16.8 Å². The van der Waals surface area contributed by atoms with Crippen molar-refractivity contribution in [3.8, 4) is 0 Å². The Bertz CT molecular complexity index is 331. The predicted octanol–water partition coefficient (Wildman–Crippen LogP) is 3.32. The number of hydrogen-bond donors (Lipinski definition) is 1. The van der Waals surface area contributed by atoms with Crippen LogP contribution in [0.25, 0.3) is 0 Å². The molecule has 1 rings (SSSR count). The molecule has 3 nitrogen and oxygen atoms in total. The molecule has 0 saturated heterocycles. The minimum absolute atomic E-state index is 0.0404. The van der Waals surface area contributed by atoms with Crippen LogP contribution in [0.3, 0.4) is 0 Å². The lowest BCUT2D eigenvalue weighted by Crippen LogP contribution is -1.91. The van der Waals surface area contributed by atoms with Gasteiger partial charge in [-0.2, -0.15) is 11.8 Å². The van der Waals surface area contributed by atoms with Crippen molar-refractivity contribution in [2.75, 3.05) is 5.75 Å². The molecule has 0 aliphatic rings. The molecule has 0 bridgehead atoms. The number of hydrogen-bond acceptors (Lipinski definition) is 3. The van der Waals surface area contributed by atoms with Gasteiger partial charge in [-0.1, -0.05) is 13.3 Å². The van der Waals surface area contributed by atoms with Crippen molar-refractivity contribution in [2.45, 2.75) is 32.4 Å². The molecule has 0 amide bonds. The molecule has 0 saturated carbocycles. The molecule has 1 aromatic heterocycles. The summed E-state index contributed by atoms with van der Waals surface area (Å²) in [5.41, 5.74) is 0.994. The van der Waals surface area contributed by atoms with E-state index < -0.39 is 5.97 Å². The van der Waals surface area contributed by atoms with Crippen LogP contribution in [0.4, 0.5) is 0 Å². The van der Waals surface area contributed by atoms with Gasteiger partial charge in [-0.05, 0) is 25.2 Å². The summed E-state index contributed by atoms with van der Waals surface area (Å²) in [5, 5.41) is 8.73. The smallest absolute Gasteiger partial charge is 0.371 e. The van der Waals surface area contributed by atoms with Crippen LogP contribution in [-0.2, 0) is 5.75 Å². The Hall–Kier alpha value is -0.900. The fourth-order valence-corrected chi connectivity index (χ4v) is 2.34. The second-order valence-electron chi connectivity index (χ2n) is 3.40. The summed E-state index contributed by atoms with van der Waals surface area (Å²) >= 11 is 1.82. The highest BCUT2D eigenvalue weighted by atomic mass is 32.2. The maximum Gasteiger partial charge on any atom is 0.371 e. The summed E-state index contributed by atoms with van der Waals surface area (Å²) in [5.74, 6) is 1.71. The maximum atomic E-state index is 10.6. The van der Waals surface area contributed by atoms with E-state index in [1.807, 2.05) is 18.7 Å². The molecule has 0 radical (unpaired) electrons. The summed E-state index contributed by atoms with van der Waals surface area (Å²) < 4.78 is 5.12. The first-order valence-electron chi connectivity index (χ1n) is 5.05.